The first-order valence-electron chi connectivity index (χ1n) is 18.5. The molecule has 12 nitrogen and oxygen atoms in total. The number of ether oxygens (including phenoxy) is 1. The number of aromatic nitrogens is 2. The third-order valence-electron chi connectivity index (χ3n) is 10.8. The van der Waals surface area contributed by atoms with Gasteiger partial charge in [0, 0.05) is 43.2 Å². The first-order valence-corrected chi connectivity index (χ1v) is 18.5. The van der Waals surface area contributed by atoms with Crippen molar-refractivity contribution in [1.82, 2.24) is 19.8 Å². The summed E-state index contributed by atoms with van der Waals surface area (Å²) in [6, 6.07) is 27.6. The molecule has 5 heterocycles. The Kier molecular flexibility index (Phi) is 10.0. The number of anilines is 1. The molecule has 3 aliphatic rings. The smallest absolute Gasteiger partial charge is 0.419 e. The van der Waals surface area contributed by atoms with E-state index in [0.717, 1.165) is 54.7 Å². The van der Waals surface area contributed by atoms with E-state index >= 15 is 0 Å². The number of aliphatic hydroxyl groups is 1. The number of phenolic OH excluding ortho intramolecular Hbond substituents is 1. The van der Waals surface area contributed by atoms with E-state index in [1.54, 1.807) is 22.8 Å². The highest BCUT2D eigenvalue weighted by Gasteiger charge is 2.36. The number of aliphatic hydroxyl groups excluding tert-OH is 1. The van der Waals surface area contributed by atoms with E-state index in [-0.39, 0.29) is 29.5 Å². The second-order valence-corrected chi connectivity index (χ2v) is 14.3. The largest absolute Gasteiger partial charge is 0.506 e. The van der Waals surface area contributed by atoms with Crippen LogP contribution >= 0.6 is 0 Å². The van der Waals surface area contributed by atoms with Crippen molar-refractivity contribution in [3.8, 4) is 16.9 Å². The van der Waals surface area contributed by atoms with Crippen molar-refractivity contribution >= 4 is 33.8 Å². The number of aromatic hydroxyl groups is 1. The first-order chi connectivity index (χ1) is 26.3. The van der Waals surface area contributed by atoms with Gasteiger partial charge in [-0.3, -0.25) is 19.6 Å². The van der Waals surface area contributed by atoms with Crippen LogP contribution in [0.15, 0.2) is 105 Å². The van der Waals surface area contributed by atoms with Crippen LogP contribution in [0.4, 0.5) is 10.5 Å². The molecule has 9 rings (SSSR count). The number of aryl methyl sites for hydroxylation is 2. The maximum Gasteiger partial charge on any atom is 0.419 e. The molecule has 0 saturated carbocycles. The van der Waals surface area contributed by atoms with Gasteiger partial charge in [0.25, 0.3) is 0 Å². The van der Waals surface area contributed by atoms with Gasteiger partial charge in [-0.15, -0.1) is 0 Å². The maximum atomic E-state index is 13.2. The zero-order valence-electron chi connectivity index (χ0n) is 29.8. The SMILES string of the molecule is O=C(Nc1cc(CCCn2c(=O)oc3ccc(CNC[C@H](O)c4ccc(O)c5[nH]c(=O)ccc45)cc32)ccc1-c1ccccc1)O[C@H]1CN2CCC1CC2. The molecule has 4 aromatic carbocycles. The molecule has 54 heavy (non-hydrogen) atoms. The highest BCUT2D eigenvalue weighted by Crippen LogP contribution is 2.33. The van der Waals surface area contributed by atoms with Gasteiger partial charge in [-0.05, 0) is 97.3 Å². The van der Waals surface area contributed by atoms with Gasteiger partial charge < -0.3 is 29.7 Å². The normalized spacial score (nSPS) is 18.6. The van der Waals surface area contributed by atoms with Crippen molar-refractivity contribution < 1.29 is 24.2 Å². The minimum atomic E-state index is -0.900. The van der Waals surface area contributed by atoms with Gasteiger partial charge >= 0.3 is 11.8 Å². The first kappa shape index (κ1) is 35.3. The van der Waals surface area contributed by atoms with Crippen LogP contribution in [0.3, 0.4) is 0 Å². The second-order valence-electron chi connectivity index (χ2n) is 14.3. The predicted molar refractivity (Wildman–Crippen MR) is 207 cm³/mol. The molecule has 0 aliphatic carbocycles. The van der Waals surface area contributed by atoms with Crippen molar-refractivity contribution in [3.63, 3.8) is 0 Å². The number of piperidine rings is 3. The number of rotatable bonds is 12. The van der Waals surface area contributed by atoms with Crippen LogP contribution in [0, 0.1) is 5.92 Å². The Hall–Kier alpha value is -5.69. The van der Waals surface area contributed by atoms with E-state index in [2.05, 4.69) is 26.6 Å². The Morgan fingerprint density at radius 2 is 1.78 bits per heavy atom. The van der Waals surface area contributed by atoms with E-state index in [9.17, 15) is 24.6 Å². The zero-order valence-corrected chi connectivity index (χ0v) is 29.8. The number of carbonyl (C=O) groups is 1. The van der Waals surface area contributed by atoms with Crippen LogP contribution in [-0.2, 0) is 24.2 Å². The molecular formula is C42H43N5O7. The fraction of sp³-hybridized carbons (Fsp3) is 0.310. The maximum absolute atomic E-state index is 13.2. The molecule has 2 aromatic heterocycles. The summed E-state index contributed by atoms with van der Waals surface area (Å²) in [7, 11) is 0. The molecular weight excluding hydrogens is 686 g/mol. The van der Waals surface area contributed by atoms with Crippen LogP contribution in [0.2, 0.25) is 0 Å². The number of oxazole rings is 1. The summed E-state index contributed by atoms with van der Waals surface area (Å²) >= 11 is 0. The van der Waals surface area contributed by atoms with E-state index in [4.69, 9.17) is 9.15 Å². The summed E-state index contributed by atoms with van der Waals surface area (Å²) in [6.45, 7) is 4.00. The number of H-pyrrole nitrogens is 1. The lowest BCUT2D eigenvalue weighted by Crippen LogP contribution is -2.52. The summed E-state index contributed by atoms with van der Waals surface area (Å²) in [5.41, 5.74) is 6.20. The lowest BCUT2D eigenvalue weighted by molar-refractivity contribution is -0.0289. The number of carbonyl (C=O) groups excluding carboxylic acids is 1. The second kappa shape index (κ2) is 15.3. The van der Waals surface area contributed by atoms with Crippen molar-refractivity contribution in [2.75, 3.05) is 31.5 Å². The monoisotopic (exact) mass is 729 g/mol. The van der Waals surface area contributed by atoms with Crippen LogP contribution in [0.25, 0.3) is 33.1 Å². The molecule has 0 unspecified atom stereocenters. The lowest BCUT2D eigenvalue weighted by atomic mass is 9.86. The molecule has 1 amide bonds. The molecule has 3 aliphatic heterocycles. The summed E-state index contributed by atoms with van der Waals surface area (Å²) in [4.78, 5) is 42.9. The van der Waals surface area contributed by atoms with Gasteiger partial charge in [-0.25, -0.2) is 9.59 Å². The predicted octanol–water partition coefficient (Wildman–Crippen LogP) is 5.91. The molecule has 278 valence electrons. The third-order valence-corrected chi connectivity index (χ3v) is 10.8. The van der Waals surface area contributed by atoms with Crippen molar-refractivity contribution in [3.05, 3.63) is 129 Å². The Bertz CT molecular complexity index is 2410. The van der Waals surface area contributed by atoms with E-state index in [1.165, 1.54) is 12.1 Å². The van der Waals surface area contributed by atoms with E-state index in [1.807, 2.05) is 54.6 Å². The standard InChI is InChI=1S/C42H43N5O7/c48-35-13-11-31(32-12-15-39(50)45-40(32)35)36(49)24-43-23-27-9-14-37-34(22-27)47(42(52)54-37)18-4-5-26-8-10-30(28-6-2-1-3-7-28)33(21-26)44-41(51)53-38-25-46-19-16-29(38)17-20-46/h1-3,6-15,21-22,29,36,38,43,48-49H,4-5,16-20,23-25H2,(H,44,51)(H,45,50)/t36-,38-/m0/s1. The number of hydrogen-bond acceptors (Lipinski definition) is 9. The zero-order chi connectivity index (χ0) is 37.2. The van der Waals surface area contributed by atoms with Gasteiger partial charge in [0.2, 0.25) is 5.56 Å². The number of phenols is 1. The highest BCUT2D eigenvalue weighted by atomic mass is 16.6. The number of nitrogens with one attached hydrogen (secondary N) is 3. The molecule has 5 N–H and O–H groups in total. The topological polar surface area (TPSA) is 162 Å². The fourth-order valence-corrected chi connectivity index (χ4v) is 7.92. The number of fused-ring (bicyclic) bond motifs is 5. The molecule has 2 bridgehead atoms. The summed E-state index contributed by atoms with van der Waals surface area (Å²) in [5.74, 6) is -0.0821. The van der Waals surface area contributed by atoms with Gasteiger partial charge in [0.15, 0.2) is 5.58 Å². The molecule has 12 heteroatoms. The summed E-state index contributed by atoms with van der Waals surface area (Å²) in [6.07, 6.45) is 2.01. The van der Waals surface area contributed by atoms with Crippen LogP contribution in [0.1, 0.15) is 42.1 Å². The number of hydrogen-bond donors (Lipinski definition) is 5. The Morgan fingerprint density at radius 1 is 0.963 bits per heavy atom. The minimum Gasteiger partial charge on any atom is -0.506 e. The average Bonchev–Trinajstić information content (AvgIpc) is 3.49. The molecule has 6 aromatic rings. The van der Waals surface area contributed by atoms with Crippen LogP contribution in [-0.4, -0.2) is 63.0 Å². The molecule has 3 saturated heterocycles. The number of amides is 1. The summed E-state index contributed by atoms with van der Waals surface area (Å²) in [5, 5.41) is 28.0. The molecule has 2 atom stereocenters. The highest BCUT2D eigenvalue weighted by molar-refractivity contribution is 5.92. The van der Waals surface area contributed by atoms with Gasteiger partial charge in [0.1, 0.15) is 11.9 Å². The number of pyridine rings is 1. The Balaban J connectivity index is 0.922. The number of nitrogens with zero attached hydrogens (tertiary/aromatic N) is 2. The number of benzene rings is 4. The van der Waals surface area contributed by atoms with Gasteiger partial charge in [-0.2, -0.15) is 0 Å². The van der Waals surface area contributed by atoms with Crippen LogP contribution < -0.4 is 21.9 Å². The van der Waals surface area contributed by atoms with Crippen molar-refractivity contribution in [1.29, 1.82) is 0 Å². The van der Waals surface area contributed by atoms with Crippen molar-refractivity contribution in [2.45, 2.75) is 51.0 Å². The van der Waals surface area contributed by atoms with E-state index in [0.29, 0.717) is 59.6 Å². The average molecular weight is 730 g/mol. The fourth-order valence-electron chi connectivity index (χ4n) is 7.92. The van der Waals surface area contributed by atoms with Crippen molar-refractivity contribution in [2.24, 2.45) is 5.92 Å². The molecule has 3 fully saturated rings. The quantitative estimate of drug-likeness (QED) is 0.103. The molecule has 0 spiro atoms. The van der Waals surface area contributed by atoms with Crippen LogP contribution in [0.5, 0.6) is 5.75 Å². The molecule has 0 radical (unpaired) electrons. The summed E-state index contributed by atoms with van der Waals surface area (Å²) < 4.78 is 13.2. The Labute approximate surface area is 311 Å². The van der Waals surface area contributed by atoms with E-state index < -0.39 is 18.0 Å². The minimum absolute atomic E-state index is 0.0644. The van der Waals surface area contributed by atoms with Gasteiger partial charge in [0.05, 0.1) is 22.8 Å². The Morgan fingerprint density at radius 3 is 2.57 bits per heavy atom. The lowest BCUT2D eigenvalue weighted by Gasteiger charge is -2.43. The van der Waals surface area contributed by atoms with Gasteiger partial charge in [-0.1, -0.05) is 54.6 Å². The third kappa shape index (κ3) is 7.54. The number of aromatic amines is 1.